The summed E-state index contributed by atoms with van der Waals surface area (Å²) in [6.07, 6.45) is 15.5. The van der Waals surface area contributed by atoms with E-state index >= 15 is 0 Å². The van der Waals surface area contributed by atoms with E-state index in [1.54, 1.807) is 18.2 Å². The lowest BCUT2D eigenvalue weighted by Crippen LogP contribution is -2.24. The first-order chi connectivity index (χ1) is 13.8. The van der Waals surface area contributed by atoms with E-state index in [-0.39, 0.29) is 19.0 Å². The minimum absolute atomic E-state index is 0.118. The molecule has 0 aliphatic carbocycles. The van der Waals surface area contributed by atoms with E-state index in [1.807, 2.05) is 0 Å². The third-order valence-corrected chi connectivity index (χ3v) is 5.08. The molecule has 1 atom stereocenters. The first-order valence-electron chi connectivity index (χ1n) is 11.3. The monoisotopic (exact) mass is 396 g/mol. The Kier molecular flexibility index (Phi) is 16.2. The zero-order chi connectivity index (χ0) is 20.3. The molecule has 0 bridgehead atoms. The summed E-state index contributed by atoms with van der Waals surface area (Å²) < 4.78 is 24.7. The first-order valence-corrected chi connectivity index (χ1v) is 11.3. The van der Waals surface area contributed by atoms with Crippen molar-refractivity contribution in [1.29, 1.82) is 0 Å². The van der Waals surface area contributed by atoms with Gasteiger partial charge in [-0.25, -0.2) is 4.39 Å². The van der Waals surface area contributed by atoms with Gasteiger partial charge < -0.3 is 14.6 Å². The Labute approximate surface area is 171 Å². The van der Waals surface area contributed by atoms with Gasteiger partial charge >= 0.3 is 0 Å². The second kappa shape index (κ2) is 18.1. The molecule has 0 saturated heterocycles. The molecule has 0 fully saturated rings. The molecule has 1 aromatic rings. The van der Waals surface area contributed by atoms with Crippen LogP contribution in [0, 0.1) is 5.82 Å². The summed E-state index contributed by atoms with van der Waals surface area (Å²) >= 11 is 0. The minimum atomic E-state index is -0.406. The highest BCUT2D eigenvalue weighted by atomic mass is 19.1. The average Bonchev–Trinajstić information content (AvgIpc) is 2.71. The van der Waals surface area contributed by atoms with E-state index < -0.39 is 6.10 Å². The summed E-state index contributed by atoms with van der Waals surface area (Å²) in [6.45, 7) is 3.34. The van der Waals surface area contributed by atoms with Gasteiger partial charge in [-0.05, 0) is 12.5 Å². The highest BCUT2D eigenvalue weighted by Crippen LogP contribution is 2.12. The molecule has 1 aromatic carbocycles. The number of rotatable bonds is 19. The van der Waals surface area contributed by atoms with Crippen LogP contribution in [0.2, 0.25) is 0 Å². The fraction of sp³-hybridized carbons (Fsp3) is 0.750. The van der Waals surface area contributed by atoms with Gasteiger partial charge in [0.1, 0.15) is 11.9 Å². The maximum absolute atomic E-state index is 13.6. The standard InChI is InChI=1S/C24H41FO3/c1-2-3-4-5-6-7-8-9-10-11-12-15-18-27-21-23(19-26)28-20-22-16-13-14-17-24(22)25/h13-14,16-17,23,26H,2-12,15,18-21H2,1H3/t23-/m0/s1. The number of hydrogen-bond donors (Lipinski definition) is 1. The molecule has 4 heteroatoms. The van der Waals surface area contributed by atoms with Crippen LogP contribution in [0.1, 0.15) is 89.5 Å². The van der Waals surface area contributed by atoms with E-state index in [4.69, 9.17) is 9.47 Å². The van der Waals surface area contributed by atoms with Crippen LogP contribution in [0.25, 0.3) is 0 Å². The lowest BCUT2D eigenvalue weighted by Gasteiger charge is -2.16. The van der Waals surface area contributed by atoms with Crippen molar-refractivity contribution in [3.8, 4) is 0 Å². The predicted molar refractivity (Wildman–Crippen MR) is 114 cm³/mol. The van der Waals surface area contributed by atoms with E-state index in [0.717, 1.165) is 6.42 Å². The summed E-state index contributed by atoms with van der Waals surface area (Å²) in [5.74, 6) is -0.281. The van der Waals surface area contributed by atoms with Crippen LogP contribution in [-0.2, 0) is 16.1 Å². The molecule has 0 aliphatic heterocycles. The van der Waals surface area contributed by atoms with Crippen LogP contribution in [0.5, 0.6) is 0 Å². The Morgan fingerprint density at radius 3 is 2.00 bits per heavy atom. The Hall–Kier alpha value is -0.970. The molecule has 0 aliphatic rings. The van der Waals surface area contributed by atoms with Gasteiger partial charge in [0.25, 0.3) is 0 Å². The summed E-state index contributed by atoms with van der Waals surface area (Å²) in [5.41, 5.74) is 0.502. The highest BCUT2D eigenvalue weighted by molar-refractivity contribution is 5.16. The second-order valence-corrected chi connectivity index (χ2v) is 7.67. The largest absolute Gasteiger partial charge is 0.394 e. The maximum atomic E-state index is 13.6. The molecule has 28 heavy (non-hydrogen) atoms. The Morgan fingerprint density at radius 1 is 0.857 bits per heavy atom. The van der Waals surface area contributed by atoms with Crippen LogP contribution < -0.4 is 0 Å². The third kappa shape index (κ3) is 13.2. The van der Waals surface area contributed by atoms with Crippen molar-refractivity contribution in [1.82, 2.24) is 0 Å². The van der Waals surface area contributed by atoms with Gasteiger partial charge in [0.05, 0.1) is 19.8 Å². The molecule has 0 aromatic heterocycles. The molecular weight excluding hydrogens is 355 g/mol. The quantitative estimate of drug-likeness (QED) is 0.274. The van der Waals surface area contributed by atoms with Crippen molar-refractivity contribution < 1.29 is 19.0 Å². The van der Waals surface area contributed by atoms with E-state index in [2.05, 4.69) is 6.92 Å². The normalized spacial score (nSPS) is 12.4. The second-order valence-electron chi connectivity index (χ2n) is 7.67. The predicted octanol–water partition coefficient (Wildman–Crippen LogP) is 6.42. The molecule has 0 unspecified atom stereocenters. The van der Waals surface area contributed by atoms with E-state index in [9.17, 15) is 9.50 Å². The lowest BCUT2D eigenvalue weighted by molar-refractivity contribution is -0.0509. The molecule has 0 spiro atoms. The molecule has 3 nitrogen and oxygen atoms in total. The zero-order valence-corrected chi connectivity index (χ0v) is 17.8. The molecule has 0 saturated carbocycles. The van der Waals surface area contributed by atoms with Crippen LogP contribution in [0.4, 0.5) is 4.39 Å². The molecule has 1 N–H and O–H groups in total. The first kappa shape index (κ1) is 25.1. The number of unbranched alkanes of at least 4 members (excludes halogenated alkanes) is 11. The summed E-state index contributed by atoms with van der Waals surface area (Å²) in [5, 5.41) is 9.38. The van der Waals surface area contributed by atoms with Gasteiger partial charge in [-0.15, -0.1) is 0 Å². The fourth-order valence-corrected chi connectivity index (χ4v) is 3.24. The number of benzene rings is 1. The minimum Gasteiger partial charge on any atom is -0.394 e. The Balaban J connectivity index is 1.89. The number of hydrogen-bond acceptors (Lipinski definition) is 3. The number of halogens is 1. The average molecular weight is 397 g/mol. The molecule has 1 rings (SSSR count). The summed E-state index contributed by atoms with van der Waals surface area (Å²) in [6, 6.07) is 6.54. The topological polar surface area (TPSA) is 38.7 Å². The number of aliphatic hydroxyl groups excluding tert-OH is 1. The Bertz CT molecular complexity index is 467. The lowest BCUT2D eigenvalue weighted by atomic mass is 10.1. The Morgan fingerprint density at radius 2 is 1.43 bits per heavy atom. The number of aliphatic hydroxyl groups is 1. The van der Waals surface area contributed by atoms with Gasteiger partial charge in [0.15, 0.2) is 0 Å². The van der Waals surface area contributed by atoms with Gasteiger partial charge in [-0.2, -0.15) is 0 Å². The molecule has 0 amide bonds. The summed E-state index contributed by atoms with van der Waals surface area (Å²) in [7, 11) is 0. The smallest absolute Gasteiger partial charge is 0.128 e. The molecule has 0 heterocycles. The highest BCUT2D eigenvalue weighted by Gasteiger charge is 2.10. The molecule has 162 valence electrons. The number of ether oxygens (including phenoxy) is 2. The van der Waals surface area contributed by atoms with Crippen LogP contribution in [0.3, 0.4) is 0 Å². The van der Waals surface area contributed by atoms with Gasteiger partial charge in [-0.1, -0.05) is 95.8 Å². The van der Waals surface area contributed by atoms with E-state index in [0.29, 0.717) is 18.8 Å². The van der Waals surface area contributed by atoms with Crippen LogP contribution >= 0.6 is 0 Å². The molecular formula is C24H41FO3. The maximum Gasteiger partial charge on any atom is 0.128 e. The SMILES string of the molecule is CCCCCCCCCCCCCCOC[C@H](CO)OCc1ccccc1F. The molecule has 0 radical (unpaired) electrons. The van der Waals surface area contributed by atoms with Crippen molar-refractivity contribution in [2.45, 2.75) is 96.7 Å². The summed E-state index contributed by atoms with van der Waals surface area (Å²) in [4.78, 5) is 0. The van der Waals surface area contributed by atoms with Crippen molar-refractivity contribution in [3.63, 3.8) is 0 Å². The third-order valence-electron chi connectivity index (χ3n) is 5.08. The fourth-order valence-electron chi connectivity index (χ4n) is 3.24. The van der Waals surface area contributed by atoms with Crippen molar-refractivity contribution in [2.24, 2.45) is 0 Å². The van der Waals surface area contributed by atoms with Gasteiger partial charge in [0, 0.05) is 12.2 Å². The van der Waals surface area contributed by atoms with Gasteiger partial charge in [-0.3, -0.25) is 0 Å². The van der Waals surface area contributed by atoms with Crippen molar-refractivity contribution in [3.05, 3.63) is 35.6 Å². The van der Waals surface area contributed by atoms with Crippen molar-refractivity contribution in [2.75, 3.05) is 19.8 Å². The van der Waals surface area contributed by atoms with Crippen LogP contribution in [0.15, 0.2) is 24.3 Å². The van der Waals surface area contributed by atoms with E-state index in [1.165, 1.54) is 76.7 Å². The van der Waals surface area contributed by atoms with Crippen molar-refractivity contribution >= 4 is 0 Å². The zero-order valence-electron chi connectivity index (χ0n) is 17.8. The van der Waals surface area contributed by atoms with Gasteiger partial charge in [0.2, 0.25) is 0 Å². The van der Waals surface area contributed by atoms with Crippen LogP contribution in [-0.4, -0.2) is 31.0 Å².